The lowest BCUT2D eigenvalue weighted by Crippen LogP contribution is -2.27. The van der Waals surface area contributed by atoms with Gasteiger partial charge in [0.25, 0.3) is 5.91 Å². The molecule has 28 heavy (non-hydrogen) atoms. The monoisotopic (exact) mass is 368 g/mol. The second-order valence-corrected chi connectivity index (χ2v) is 7.08. The van der Waals surface area contributed by atoms with Gasteiger partial charge in [0.05, 0.1) is 0 Å². The van der Waals surface area contributed by atoms with E-state index in [1.54, 1.807) is 0 Å². The van der Waals surface area contributed by atoms with Crippen LogP contribution in [0.15, 0.2) is 77.2 Å². The third kappa shape index (κ3) is 2.74. The van der Waals surface area contributed by atoms with Crippen LogP contribution >= 0.6 is 0 Å². The zero-order valence-corrected chi connectivity index (χ0v) is 15.6. The number of para-hydroxylation sites is 2. The number of fused-ring (bicyclic) bond motifs is 4. The standard InChI is InChI=1S/C24H20N2O2/c1-26-20-8-4-2-6-17(20)15-21(26)24(27)25-13-12-16-10-11-23-19(14-16)18-7-3-5-9-22(18)28-23/h2-11,14-15H,12-13H2,1H3,(H,25,27). The van der Waals surface area contributed by atoms with Gasteiger partial charge in [0.2, 0.25) is 0 Å². The third-order valence-electron chi connectivity index (χ3n) is 5.32. The predicted octanol–water partition coefficient (Wildman–Crippen LogP) is 5.05. The Labute approximate surface area is 162 Å². The molecule has 0 atom stereocenters. The molecule has 0 bridgehead atoms. The number of hydrogen-bond donors (Lipinski definition) is 1. The number of nitrogens with zero attached hydrogens (tertiary/aromatic N) is 1. The molecule has 138 valence electrons. The molecular formula is C24H20N2O2. The van der Waals surface area contributed by atoms with Crippen LogP contribution in [0.1, 0.15) is 16.1 Å². The summed E-state index contributed by atoms with van der Waals surface area (Å²) in [5, 5.41) is 6.36. The summed E-state index contributed by atoms with van der Waals surface area (Å²) >= 11 is 0. The molecule has 5 rings (SSSR count). The fraction of sp³-hybridized carbons (Fsp3) is 0.125. The van der Waals surface area contributed by atoms with E-state index in [1.807, 2.05) is 66.2 Å². The largest absolute Gasteiger partial charge is 0.456 e. The maximum Gasteiger partial charge on any atom is 0.267 e. The summed E-state index contributed by atoms with van der Waals surface area (Å²) in [4.78, 5) is 12.6. The van der Waals surface area contributed by atoms with Crippen LogP contribution in [0.5, 0.6) is 0 Å². The number of rotatable bonds is 4. The van der Waals surface area contributed by atoms with Crippen LogP contribution in [0, 0.1) is 0 Å². The smallest absolute Gasteiger partial charge is 0.267 e. The van der Waals surface area contributed by atoms with Crippen molar-refractivity contribution in [1.29, 1.82) is 0 Å². The molecule has 0 aliphatic carbocycles. The Morgan fingerprint density at radius 2 is 1.71 bits per heavy atom. The first-order valence-corrected chi connectivity index (χ1v) is 9.43. The van der Waals surface area contributed by atoms with Gasteiger partial charge in [-0.3, -0.25) is 4.79 Å². The lowest BCUT2D eigenvalue weighted by atomic mass is 10.1. The maximum atomic E-state index is 12.6. The highest BCUT2D eigenvalue weighted by molar-refractivity contribution is 6.05. The molecule has 4 nitrogen and oxygen atoms in total. The molecule has 4 heteroatoms. The van der Waals surface area contributed by atoms with E-state index in [0.717, 1.165) is 39.3 Å². The van der Waals surface area contributed by atoms with Crippen molar-refractivity contribution in [2.24, 2.45) is 7.05 Å². The molecule has 0 fully saturated rings. The van der Waals surface area contributed by atoms with Gasteiger partial charge >= 0.3 is 0 Å². The maximum absolute atomic E-state index is 12.6. The molecule has 0 saturated carbocycles. The normalized spacial score (nSPS) is 11.5. The lowest BCUT2D eigenvalue weighted by molar-refractivity contribution is 0.0946. The van der Waals surface area contributed by atoms with E-state index in [4.69, 9.17) is 4.42 Å². The van der Waals surface area contributed by atoms with Crippen molar-refractivity contribution < 1.29 is 9.21 Å². The van der Waals surface area contributed by atoms with Crippen molar-refractivity contribution in [3.8, 4) is 0 Å². The first-order chi connectivity index (χ1) is 13.7. The fourth-order valence-corrected chi connectivity index (χ4v) is 3.85. The molecule has 2 heterocycles. The molecule has 0 aliphatic heterocycles. The van der Waals surface area contributed by atoms with Gasteiger partial charge in [0.1, 0.15) is 16.9 Å². The van der Waals surface area contributed by atoms with E-state index in [0.29, 0.717) is 12.2 Å². The highest BCUT2D eigenvalue weighted by Crippen LogP contribution is 2.29. The molecule has 5 aromatic rings. The van der Waals surface area contributed by atoms with Crippen LogP contribution < -0.4 is 5.32 Å². The van der Waals surface area contributed by atoms with E-state index < -0.39 is 0 Å². The third-order valence-corrected chi connectivity index (χ3v) is 5.32. The van der Waals surface area contributed by atoms with Crippen molar-refractivity contribution in [2.45, 2.75) is 6.42 Å². The Morgan fingerprint density at radius 3 is 2.61 bits per heavy atom. The van der Waals surface area contributed by atoms with E-state index in [2.05, 4.69) is 23.5 Å². The van der Waals surface area contributed by atoms with Crippen molar-refractivity contribution in [1.82, 2.24) is 9.88 Å². The molecule has 0 unspecified atom stereocenters. The van der Waals surface area contributed by atoms with Crippen LogP contribution in [0.3, 0.4) is 0 Å². The zero-order valence-electron chi connectivity index (χ0n) is 15.6. The SMILES string of the molecule is Cn1c(C(=O)NCCc2ccc3oc4ccccc4c3c2)cc2ccccc21. The van der Waals surface area contributed by atoms with Crippen LogP contribution in [0.4, 0.5) is 0 Å². The summed E-state index contributed by atoms with van der Waals surface area (Å²) in [6, 6.07) is 24.3. The number of furan rings is 1. The van der Waals surface area contributed by atoms with Gasteiger partial charge in [0.15, 0.2) is 0 Å². The van der Waals surface area contributed by atoms with Crippen LogP contribution in [0.25, 0.3) is 32.8 Å². The highest BCUT2D eigenvalue weighted by Gasteiger charge is 2.13. The molecular weight excluding hydrogens is 348 g/mol. The summed E-state index contributed by atoms with van der Waals surface area (Å²) in [7, 11) is 1.93. The Balaban J connectivity index is 1.32. The Hall–Kier alpha value is -3.53. The van der Waals surface area contributed by atoms with Gasteiger partial charge in [-0.25, -0.2) is 0 Å². The summed E-state index contributed by atoms with van der Waals surface area (Å²) < 4.78 is 7.82. The van der Waals surface area contributed by atoms with Gasteiger partial charge in [-0.15, -0.1) is 0 Å². The minimum absolute atomic E-state index is 0.0476. The van der Waals surface area contributed by atoms with Crippen LogP contribution in [0.2, 0.25) is 0 Å². The average molecular weight is 368 g/mol. The number of nitrogens with one attached hydrogen (secondary N) is 1. The Kier molecular flexibility index (Phi) is 3.90. The molecule has 0 aliphatic rings. The minimum Gasteiger partial charge on any atom is -0.456 e. The van der Waals surface area contributed by atoms with Gasteiger partial charge in [-0.1, -0.05) is 42.5 Å². The molecule has 0 saturated heterocycles. The van der Waals surface area contributed by atoms with E-state index >= 15 is 0 Å². The van der Waals surface area contributed by atoms with Crippen LogP contribution in [-0.4, -0.2) is 17.0 Å². The molecule has 0 spiro atoms. The first kappa shape index (κ1) is 16.6. The second kappa shape index (κ2) is 6.57. The van der Waals surface area contributed by atoms with Crippen molar-refractivity contribution in [3.63, 3.8) is 0 Å². The number of amides is 1. The number of aromatic nitrogens is 1. The molecule has 3 aromatic carbocycles. The summed E-state index contributed by atoms with van der Waals surface area (Å²) in [6.07, 6.45) is 0.769. The van der Waals surface area contributed by atoms with E-state index in [-0.39, 0.29) is 5.91 Å². The number of benzene rings is 3. The topological polar surface area (TPSA) is 47.2 Å². The highest BCUT2D eigenvalue weighted by atomic mass is 16.3. The van der Waals surface area contributed by atoms with Crippen molar-refractivity contribution in [2.75, 3.05) is 6.54 Å². The first-order valence-electron chi connectivity index (χ1n) is 9.43. The van der Waals surface area contributed by atoms with Crippen LogP contribution in [-0.2, 0) is 13.5 Å². The summed E-state index contributed by atoms with van der Waals surface area (Å²) in [6.45, 7) is 0.585. The Bertz CT molecular complexity index is 1330. The average Bonchev–Trinajstić information content (AvgIpc) is 3.26. The molecule has 1 amide bonds. The molecule has 1 N–H and O–H groups in total. The van der Waals surface area contributed by atoms with Crippen molar-refractivity contribution >= 4 is 38.7 Å². The van der Waals surface area contributed by atoms with Gasteiger partial charge in [-0.05, 0) is 42.3 Å². The predicted molar refractivity (Wildman–Crippen MR) is 113 cm³/mol. The lowest BCUT2D eigenvalue weighted by Gasteiger charge is -2.07. The number of carbonyl (C=O) groups is 1. The van der Waals surface area contributed by atoms with Gasteiger partial charge < -0.3 is 14.3 Å². The molecule has 0 radical (unpaired) electrons. The van der Waals surface area contributed by atoms with Crippen molar-refractivity contribution in [3.05, 3.63) is 84.1 Å². The Morgan fingerprint density at radius 1 is 0.929 bits per heavy atom. The summed E-state index contributed by atoms with van der Waals surface area (Å²) in [5.41, 5.74) is 4.71. The van der Waals surface area contributed by atoms with E-state index in [9.17, 15) is 4.79 Å². The quantitative estimate of drug-likeness (QED) is 0.482. The number of aryl methyl sites for hydroxylation is 1. The zero-order chi connectivity index (χ0) is 19.1. The fourth-order valence-electron chi connectivity index (χ4n) is 3.85. The van der Waals surface area contributed by atoms with Gasteiger partial charge in [-0.2, -0.15) is 0 Å². The van der Waals surface area contributed by atoms with Gasteiger partial charge in [0, 0.05) is 35.3 Å². The van der Waals surface area contributed by atoms with E-state index in [1.165, 1.54) is 5.56 Å². The number of hydrogen-bond acceptors (Lipinski definition) is 2. The minimum atomic E-state index is -0.0476. The molecule has 2 aromatic heterocycles. The number of carbonyl (C=O) groups excluding carboxylic acids is 1. The summed E-state index contributed by atoms with van der Waals surface area (Å²) in [5.74, 6) is -0.0476. The second-order valence-electron chi connectivity index (χ2n) is 7.08.